The highest BCUT2D eigenvalue weighted by Gasteiger charge is 2.20. The lowest BCUT2D eigenvalue weighted by Gasteiger charge is -2.11. The van der Waals surface area contributed by atoms with Crippen LogP contribution < -0.4 is 14.8 Å². The van der Waals surface area contributed by atoms with Crippen molar-refractivity contribution in [2.24, 2.45) is 0 Å². The van der Waals surface area contributed by atoms with E-state index in [9.17, 15) is 4.79 Å². The first kappa shape index (κ1) is 19.2. The second kappa shape index (κ2) is 8.53. The summed E-state index contributed by atoms with van der Waals surface area (Å²) in [5, 5.41) is 12.3. The van der Waals surface area contributed by atoms with E-state index in [0.717, 1.165) is 16.9 Å². The largest absolute Gasteiger partial charge is 0.454 e. The third-order valence-electron chi connectivity index (χ3n) is 4.67. The molecule has 0 aliphatic carbocycles. The van der Waals surface area contributed by atoms with Crippen molar-refractivity contribution >= 4 is 23.4 Å². The predicted molar refractivity (Wildman–Crippen MR) is 119 cm³/mol. The van der Waals surface area contributed by atoms with Gasteiger partial charge >= 0.3 is 0 Å². The quantitative estimate of drug-likeness (QED) is 0.457. The Hall–Kier alpha value is -3.78. The van der Waals surface area contributed by atoms with Crippen molar-refractivity contribution in [2.75, 3.05) is 17.9 Å². The highest BCUT2D eigenvalue weighted by atomic mass is 32.2. The number of thioether (sulfide) groups is 1. The minimum atomic E-state index is -0.108. The number of para-hydroxylation sites is 2. The zero-order chi connectivity index (χ0) is 21.0. The summed E-state index contributed by atoms with van der Waals surface area (Å²) in [5.74, 6) is 2.15. The summed E-state index contributed by atoms with van der Waals surface area (Å²) in [6.45, 7) is 0.210. The smallest absolute Gasteiger partial charge is 0.234 e. The number of hydrogen-bond donors (Lipinski definition) is 1. The monoisotopic (exact) mass is 430 g/mol. The molecule has 1 aromatic heterocycles. The Morgan fingerprint density at radius 1 is 0.935 bits per heavy atom. The van der Waals surface area contributed by atoms with Crippen LogP contribution in [0.15, 0.2) is 84.0 Å². The number of anilines is 1. The van der Waals surface area contributed by atoms with Gasteiger partial charge in [-0.2, -0.15) is 0 Å². The Morgan fingerprint density at radius 3 is 2.48 bits per heavy atom. The zero-order valence-corrected chi connectivity index (χ0v) is 17.2. The molecule has 0 atom stereocenters. The summed E-state index contributed by atoms with van der Waals surface area (Å²) < 4.78 is 12.9. The van der Waals surface area contributed by atoms with Crippen molar-refractivity contribution in [2.45, 2.75) is 5.16 Å². The lowest BCUT2D eigenvalue weighted by atomic mass is 10.2. The van der Waals surface area contributed by atoms with E-state index in [0.29, 0.717) is 22.5 Å². The normalized spacial score (nSPS) is 12.0. The van der Waals surface area contributed by atoms with Gasteiger partial charge in [0, 0.05) is 16.9 Å². The van der Waals surface area contributed by atoms with Gasteiger partial charge in [-0.3, -0.25) is 9.36 Å². The van der Waals surface area contributed by atoms with Crippen LogP contribution in [0.25, 0.3) is 17.1 Å². The van der Waals surface area contributed by atoms with E-state index >= 15 is 0 Å². The SMILES string of the molecule is O=C(CSc1nnc(-c2ccc3c(c2)OCO3)n1-c1ccccc1)Nc1ccccc1. The van der Waals surface area contributed by atoms with Gasteiger partial charge in [0.25, 0.3) is 0 Å². The molecule has 1 aliphatic rings. The van der Waals surface area contributed by atoms with Gasteiger partial charge in [-0.25, -0.2) is 0 Å². The topological polar surface area (TPSA) is 78.3 Å². The molecule has 7 nitrogen and oxygen atoms in total. The summed E-state index contributed by atoms with van der Waals surface area (Å²) in [7, 11) is 0. The van der Waals surface area contributed by atoms with Gasteiger partial charge in [0.15, 0.2) is 22.5 Å². The van der Waals surface area contributed by atoms with E-state index in [-0.39, 0.29) is 18.5 Å². The van der Waals surface area contributed by atoms with Crippen molar-refractivity contribution < 1.29 is 14.3 Å². The molecule has 1 aliphatic heterocycles. The molecule has 0 saturated heterocycles. The van der Waals surface area contributed by atoms with Gasteiger partial charge in [-0.1, -0.05) is 48.2 Å². The molecular formula is C23H18N4O3S. The molecule has 0 spiro atoms. The van der Waals surface area contributed by atoms with Crippen molar-refractivity contribution in [3.63, 3.8) is 0 Å². The third-order valence-corrected chi connectivity index (χ3v) is 5.60. The standard InChI is InChI=1S/C23H18N4O3S/c28-21(24-17-7-3-1-4-8-17)14-31-23-26-25-22(27(23)18-9-5-2-6-10-18)16-11-12-19-20(13-16)30-15-29-19/h1-13H,14-15H2,(H,24,28). The highest BCUT2D eigenvalue weighted by molar-refractivity contribution is 7.99. The number of aromatic nitrogens is 3. The Labute approximate surface area is 183 Å². The van der Waals surface area contributed by atoms with E-state index in [2.05, 4.69) is 15.5 Å². The molecule has 1 amide bonds. The number of carbonyl (C=O) groups excluding carboxylic acids is 1. The van der Waals surface area contributed by atoms with E-state index in [1.807, 2.05) is 83.4 Å². The number of hydrogen-bond acceptors (Lipinski definition) is 6. The molecule has 0 bridgehead atoms. The number of rotatable bonds is 6. The Morgan fingerprint density at radius 2 is 1.68 bits per heavy atom. The van der Waals surface area contributed by atoms with Crippen LogP contribution in [0.5, 0.6) is 11.5 Å². The summed E-state index contributed by atoms with van der Waals surface area (Å²) in [4.78, 5) is 12.4. The number of nitrogens with zero attached hydrogens (tertiary/aromatic N) is 3. The molecule has 8 heteroatoms. The first-order valence-electron chi connectivity index (χ1n) is 9.66. The molecule has 31 heavy (non-hydrogen) atoms. The summed E-state index contributed by atoms with van der Waals surface area (Å²) >= 11 is 1.33. The van der Waals surface area contributed by atoms with Gasteiger partial charge in [-0.05, 0) is 42.5 Å². The van der Waals surface area contributed by atoms with Crippen LogP contribution >= 0.6 is 11.8 Å². The van der Waals surface area contributed by atoms with Gasteiger partial charge in [-0.15, -0.1) is 10.2 Å². The first-order valence-corrected chi connectivity index (χ1v) is 10.6. The molecule has 0 unspecified atom stereocenters. The third kappa shape index (κ3) is 4.10. The number of ether oxygens (including phenoxy) is 2. The van der Waals surface area contributed by atoms with Gasteiger partial charge in [0.2, 0.25) is 12.7 Å². The molecule has 0 radical (unpaired) electrons. The van der Waals surface area contributed by atoms with Crippen LogP contribution in [0, 0.1) is 0 Å². The maximum Gasteiger partial charge on any atom is 0.234 e. The van der Waals surface area contributed by atoms with E-state index < -0.39 is 0 Å². The number of fused-ring (bicyclic) bond motifs is 1. The van der Waals surface area contributed by atoms with Crippen LogP contribution in [0.2, 0.25) is 0 Å². The highest BCUT2D eigenvalue weighted by Crippen LogP contribution is 2.37. The fraction of sp³-hybridized carbons (Fsp3) is 0.0870. The van der Waals surface area contributed by atoms with Crippen molar-refractivity contribution in [1.29, 1.82) is 0 Å². The molecule has 3 aromatic carbocycles. The lowest BCUT2D eigenvalue weighted by molar-refractivity contribution is -0.113. The molecule has 154 valence electrons. The van der Waals surface area contributed by atoms with Crippen molar-refractivity contribution in [3.8, 4) is 28.6 Å². The molecule has 5 rings (SSSR count). The molecule has 0 fully saturated rings. The second-order valence-electron chi connectivity index (χ2n) is 6.75. The Kier molecular flexibility index (Phi) is 5.28. The maximum absolute atomic E-state index is 12.4. The van der Waals surface area contributed by atoms with E-state index in [1.165, 1.54) is 11.8 Å². The van der Waals surface area contributed by atoms with Crippen LogP contribution in [0.4, 0.5) is 5.69 Å². The number of benzene rings is 3. The average molecular weight is 430 g/mol. The van der Waals surface area contributed by atoms with Crippen molar-refractivity contribution in [3.05, 3.63) is 78.9 Å². The molecule has 0 saturated carbocycles. The minimum absolute atomic E-state index is 0.108. The average Bonchev–Trinajstić information content (AvgIpc) is 3.45. The number of amides is 1. The first-order chi connectivity index (χ1) is 15.3. The van der Waals surface area contributed by atoms with E-state index in [1.54, 1.807) is 0 Å². The number of nitrogens with one attached hydrogen (secondary N) is 1. The van der Waals surface area contributed by atoms with Crippen LogP contribution in [-0.2, 0) is 4.79 Å². The van der Waals surface area contributed by atoms with Gasteiger partial charge in [0.1, 0.15) is 0 Å². The van der Waals surface area contributed by atoms with Crippen LogP contribution in [0.1, 0.15) is 0 Å². The summed E-state index contributed by atoms with van der Waals surface area (Å²) in [6, 6.07) is 24.9. The predicted octanol–water partition coefficient (Wildman–Crippen LogP) is 4.39. The minimum Gasteiger partial charge on any atom is -0.454 e. The Balaban J connectivity index is 1.43. The Bertz CT molecular complexity index is 1210. The van der Waals surface area contributed by atoms with Crippen molar-refractivity contribution in [1.82, 2.24) is 14.8 Å². The summed E-state index contributed by atoms with van der Waals surface area (Å²) in [5.41, 5.74) is 2.52. The number of carbonyl (C=O) groups is 1. The van der Waals surface area contributed by atoms with E-state index in [4.69, 9.17) is 9.47 Å². The molecule has 1 N–H and O–H groups in total. The van der Waals surface area contributed by atoms with Crippen LogP contribution in [0.3, 0.4) is 0 Å². The second-order valence-corrected chi connectivity index (χ2v) is 7.69. The fourth-order valence-electron chi connectivity index (χ4n) is 3.24. The molecule has 4 aromatic rings. The molecular weight excluding hydrogens is 412 g/mol. The van der Waals surface area contributed by atoms with Crippen LogP contribution in [-0.4, -0.2) is 33.2 Å². The fourth-order valence-corrected chi connectivity index (χ4v) is 4.00. The summed E-state index contributed by atoms with van der Waals surface area (Å²) in [6.07, 6.45) is 0. The maximum atomic E-state index is 12.4. The van der Waals surface area contributed by atoms with Gasteiger partial charge < -0.3 is 14.8 Å². The zero-order valence-electron chi connectivity index (χ0n) is 16.4. The van der Waals surface area contributed by atoms with Gasteiger partial charge in [0.05, 0.1) is 5.75 Å². The molecule has 2 heterocycles. The lowest BCUT2D eigenvalue weighted by Crippen LogP contribution is -2.14.